The third kappa shape index (κ3) is 13.1. The second-order valence-electron chi connectivity index (χ2n) is 16.7. The lowest BCUT2D eigenvalue weighted by Gasteiger charge is -2.43. The zero-order chi connectivity index (χ0) is 36.5. The molecule has 0 N–H and O–H groups in total. The van der Waals surface area contributed by atoms with Gasteiger partial charge in [-0.15, -0.1) is 0 Å². The molecule has 6 heteroatoms. The quantitative estimate of drug-likeness (QED) is 0.0722. The molecular weight excluding hydrogens is 649 g/mol. The number of hydrogen-bond donors (Lipinski definition) is 0. The van der Waals surface area contributed by atoms with E-state index in [1.807, 2.05) is 12.1 Å². The fourth-order valence-electron chi connectivity index (χ4n) is 6.56. The number of hydrogen-bond acceptors (Lipinski definition) is 4. The number of ether oxygens (including phenoxy) is 2. The van der Waals surface area contributed by atoms with E-state index in [1.54, 1.807) is 7.11 Å². The molecule has 278 valence electrons. The Hall–Kier alpha value is -2.23. The second kappa shape index (κ2) is 20.7. The van der Waals surface area contributed by atoms with E-state index >= 15 is 0 Å². The van der Waals surface area contributed by atoms with Crippen LogP contribution in [0.1, 0.15) is 118 Å². The molecule has 0 aliphatic carbocycles. The molecule has 0 radical (unpaired) electrons. The maximum atomic E-state index is 7.33. The zero-order valence-electron chi connectivity index (χ0n) is 33.2. The Bertz CT molecular complexity index is 1270. The minimum atomic E-state index is -2.63. The minimum Gasteiger partial charge on any atom is -0.497 e. The Morgan fingerprint density at radius 2 is 1.04 bits per heavy atom. The van der Waals surface area contributed by atoms with E-state index in [-0.39, 0.29) is 11.1 Å². The Labute approximate surface area is 308 Å². The molecule has 3 aromatic rings. The third-order valence-electron chi connectivity index (χ3n) is 10.7. The molecular formula is C44H70O4Si2. The van der Waals surface area contributed by atoms with Crippen molar-refractivity contribution in [1.29, 1.82) is 0 Å². The summed E-state index contributed by atoms with van der Waals surface area (Å²) in [4.78, 5) is 0. The van der Waals surface area contributed by atoms with E-state index in [4.69, 9.17) is 18.3 Å². The van der Waals surface area contributed by atoms with Crippen LogP contribution in [0.5, 0.6) is 5.75 Å². The van der Waals surface area contributed by atoms with Gasteiger partial charge < -0.3 is 18.3 Å². The lowest BCUT2D eigenvalue weighted by atomic mass is 10.0. The molecule has 0 heterocycles. The molecule has 3 rings (SSSR count). The molecule has 0 saturated heterocycles. The molecule has 4 nitrogen and oxygen atoms in total. The maximum absolute atomic E-state index is 7.33. The van der Waals surface area contributed by atoms with Gasteiger partial charge in [-0.25, -0.2) is 0 Å². The first-order valence-corrected chi connectivity index (χ1v) is 24.3. The van der Waals surface area contributed by atoms with Crippen LogP contribution >= 0.6 is 0 Å². The van der Waals surface area contributed by atoms with Crippen molar-refractivity contribution in [2.24, 2.45) is 0 Å². The highest BCUT2D eigenvalue weighted by Gasteiger charge is 2.50. The number of rotatable bonds is 23. The average molecular weight is 719 g/mol. The average Bonchev–Trinajstić information content (AvgIpc) is 3.09. The van der Waals surface area contributed by atoms with Crippen LogP contribution in [0.3, 0.4) is 0 Å². The SMILES string of the molecule is COc1ccc(CO[C@@H](CCCCCCCCCCCCO[Si](C)(C)C(C)(C)C)CO[Si](c2ccccc2)(c2ccccc2)C(C)(C)C)cc1. The largest absolute Gasteiger partial charge is 0.497 e. The van der Waals surface area contributed by atoms with Gasteiger partial charge in [-0.3, -0.25) is 0 Å². The number of methoxy groups -OCH3 is 1. The van der Waals surface area contributed by atoms with Crippen LogP contribution in [-0.2, 0) is 20.2 Å². The summed E-state index contributed by atoms with van der Waals surface area (Å²) in [7, 11) is -2.53. The van der Waals surface area contributed by atoms with Crippen molar-refractivity contribution in [2.45, 2.75) is 148 Å². The molecule has 0 unspecified atom stereocenters. The lowest BCUT2D eigenvalue weighted by Crippen LogP contribution is -2.67. The molecule has 0 spiro atoms. The van der Waals surface area contributed by atoms with Gasteiger partial charge in [0.1, 0.15) is 5.75 Å². The summed E-state index contributed by atoms with van der Waals surface area (Å²) in [6, 6.07) is 30.1. The van der Waals surface area contributed by atoms with Gasteiger partial charge >= 0.3 is 0 Å². The van der Waals surface area contributed by atoms with Crippen molar-refractivity contribution < 1.29 is 18.3 Å². The molecule has 50 heavy (non-hydrogen) atoms. The van der Waals surface area contributed by atoms with Crippen molar-refractivity contribution in [3.8, 4) is 5.75 Å². The fourth-order valence-corrected chi connectivity index (χ4v) is 12.2. The summed E-state index contributed by atoms with van der Waals surface area (Å²) < 4.78 is 25.7. The Morgan fingerprint density at radius 1 is 0.560 bits per heavy atom. The highest BCUT2D eigenvalue weighted by atomic mass is 28.4. The van der Waals surface area contributed by atoms with Crippen LogP contribution in [0.15, 0.2) is 84.9 Å². The van der Waals surface area contributed by atoms with E-state index in [0.29, 0.717) is 18.3 Å². The molecule has 0 bridgehead atoms. The summed E-state index contributed by atoms with van der Waals surface area (Å²) in [5.74, 6) is 0.868. The Kier molecular flexibility index (Phi) is 17.5. The van der Waals surface area contributed by atoms with Crippen molar-refractivity contribution in [1.82, 2.24) is 0 Å². The number of unbranched alkanes of at least 4 members (excludes halogenated alkanes) is 9. The Morgan fingerprint density at radius 3 is 1.50 bits per heavy atom. The molecule has 0 aliphatic heterocycles. The van der Waals surface area contributed by atoms with Gasteiger partial charge in [-0.05, 0) is 64.1 Å². The fraction of sp³-hybridized carbons (Fsp3) is 0.591. The topological polar surface area (TPSA) is 36.9 Å². The van der Waals surface area contributed by atoms with Crippen molar-refractivity contribution in [3.05, 3.63) is 90.5 Å². The minimum absolute atomic E-state index is 0.0272. The van der Waals surface area contributed by atoms with Crippen molar-refractivity contribution in [2.75, 3.05) is 20.3 Å². The van der Waals surface area contributed by atoms with Crippen LogP contribution < -0.4 is 15.1 Å². The van der Waals surface area contributed by atoms with Crippen molar-refractivity contribution >= 4 is 27.0 Å². The first-order chi connectivity index (χ1) is 23.8. The molecule has 3 aromatic carbocycles. The predicted molar refractivity (Wildman–Crippen MR) is 219 cm³/mol. The summed E-state index contributed by atoms with van der Waals surface area (Å²) in [5, 5.41) is 2.87. The van der Waals surface area contributed by atoms with Crippen LogP contribution in [0.25, 0.3) is 0 Å². The van der Waals surface area contributed by atoms with Gasteiger partial charge in [0.05, 0.1) is 26.4 Å². The maximum Gasteiger partial charge on any atom is 0.261 e. The Balaban J connectivity index is 1.51. The van der Waals surface area contributed by atoms with E-state index < -0.39 is 16.6 Å². The highest BCUT2D eigenvalue weighted by Crippen LogP contribution is 2.38. The summed E-state index contributed by atoms with van der Waals surface area (Å²) in [6.07, 6.45) is 13.9. The monoisotopic (exact) mass is 718 g/mol. The first-order valence-electron chi connectivity index (χ1n) is 19.4. The number of benzene rings is 3. The van der Waals surface area contributed by atoms with Crippen LogP contribution in [0, 0.1) is 0 Å². The molecule has 0 amide bonds. The van der Waals surface area contributed by atoms with Crippen molar-refractivity contribution in [3.63, 3.8) is 0 Å². The molecule has 1 atom stereocenters. The predicted octanol–water partition coefficient (Wildman–Crippen LogP) is 11.5. The smallest absolute Gasteiger partial charge is 0.261 e. The van der Waals surface area contributed by atoms with Gasteiger partial charge in [-0.2, -0.15) is 0 Å². The summed E-state index contributed by atoms with van der Waals surface area (Å²) in [5.41, 5.74) is 1.16. The lowest BCUT2D eigenvalue weighted by molar-refractivity contribution is 0.000764. The van der Waals surface area contributed by atoms with Crippen LogP contribution in [-0.4, -0.2) is 43.1 Å². The molecule has 0 saturated carbocycles. The normalized spacial score (nSPS) is 13.4. The van der Waals surface area contributed by atoms with Crippen LogP contribution in [0.2, 0.25) is 23.2 Å². The molecule has 0 aromatic heterocycles. The third-order valence-corrected chi connectivity index (χ3v) is 20.3. The zero-order valence-corrected chi connectivity index (χ0v) is 35.2. The van der Waals surface area contributed by atoms with E-state index in [9.17, 15) is 0 Å². The summed E-state index contributed by atoms with van der Waals surface area (Å²) >= 11 is 0. The van der Waals surface area contributed by atoms with Gasteiger partial charge in [-0.1, -0.05) is 172 Å². The van der Waals surface area contributed by atoms with E-state index in [0.717, 1.165) is 30.8 Å². The highest BCUT2D eigenvalue weighted by molar-refractivity contribution is 6.99. The van der Waals surface area contributed by atoms with E-state index in [1.165, 1.54) is 68.2 Å². The van der Waals surface area contributed by atoms with E-state index in [2.05, 4.69) is 127 Å². The van der Waals surface area contributed by atoms with Gasteiger partial charge in [0, 0.05) is 6.61 Å². The molecule has 0 aliphatic rings. The van der Waals surface area contributed by atoms with Gasteiger partial charge in [0.25, 0.3) is 8.32 Å². The first kappa shape index (κ1) is 42.2. The second-order valence-corrected chi connectivity index (χ2v) is 25.8. The standard InChI is InChI=1S/C44H70O4Si2/c1-43(2,3)49(8,9)47-35-25-17-15-13-11-10-12-14-16-20-26-40(46-36-38-31-33-39(45-7)34-32-38)37-48-50(44(4,5)6,41-27-21-18-22-28-41)42-29-23-19-24-30-42/h18-19,21-24,27-34,40H,10-17,20,25-26,35-37H2,1-9H3/t40-/m0/s1. The molecule has 0 fully saturated rings. The summed E-state index contributed by atoms with van der Waals surface area (Å²) in [6.45, 7) is 20.8. The van der Waals surface area contributed by atoms with Crippen LogP contribution in [0.4, 0.5) is 0 Å². The van der Waals surface area contributed by atoms with Gasteiger partial charge in [0.2, 0.25) is 0 Å². The van der Waals surface area contributed by atoms with Gasteiger partial charge in [0.15, 0.2) is 8.32 Å².